The van der Waals surface area contributed by atoms with E-state index in [4.69, 9.17) is 9.47 Å². The fraction of sp³-hybridized carbons (Fsp3) is 0.321. The molecule has 0 heterocycles. The van der Waals surface area contributed by atoms with Gasteiger partial charge in [-0.3, -0.25) is 4.79 Å². The molecule has 3 aromatic carbocycles. The first-order valence-corrected chi connectivity index (χ1v) is 11.5. The number of carbonyl (C=O) groups excluding carboxylic acids is 1. The second-order valence-corrected chi connectivity index (χ2v) is 8.28. The number of para-hydroxylation sites is 1. The van der Waals surface area contributed by atoms with Crippen molar-refractivity contribution in [2.75, 3.05) is 27.3 Å². The highest BCUT2D eigenvalue weighted by Gasteiger charge is 2.12. The largest absolute Gasteiger partial charge is 0.507 e. The maximum Gasteiger partial charge on any atom is 0.222 e. The normalized spacial score (nSPS) is 10.7. The Labute approximate surface area is 200 Å². The molecule has 180 valence electrons. The molecular formula is C28H32FNO4. The van der Waals surface area contributed by atoms with Crippen molar-refractivity contribution in [2.45, 2.75) is 32.6 Å². The standard InChI is InChI=1S/C28H32FNO4/c1-4-20-18-24(21-10-13-23(29)14-11-21)25(31)19-27(20)34-17-7-16-33-26-9-6-5-8-22(26)12-15-28(32)30(2)3/h5-6,8-11,13-14,18-19,31H,4,7,12,15-17H2,1-3H3. The minimum atomic E-state index is -0.314. The highest BCUT2D eigenvalue weighted by atomic mass is 19.1. The van der Waals surface area contributed by atoms with E-state index < -0.39 is 0 Å². The minimum absolute atomic E-state index is 0.0867. The third-order valence-electron chi connectivity index (χ3n) is 5.60. The molecule has 0 spiro atoms. The van der Waals surface area contributed by atoms with Crippen LogP contribution >= 0.6 is 0 Å². The summed E-state index contributed by atoms with van der Waals surface area (Å²) >= 11 is 0. The second kappa shape index (κ2) is 12.1. The molecule has 0 unspecified atom stereocenters. The zero-order valence-corrected chi connectivity index (χ0v) is 20.0. The van der Waals surface area contributed by atoms with Gasteiger partial charge in [0.1, 0.15) is 23.1 Å². The van der Waals surface area contributed by atoms with Gasteiger partial charge in [-0.15, -0.1) is 0 Å². The zero-order chi connectivity index (χ0) is 24.5. The summed E-state index contributed by atoms with van der Waals surface area (Å²) in [6.45, 7) is 2.93. The van der Waals surface area contributed by atoms with Crippen LogP contribution in [0, 0.1) is 5.82 Å². The molecule has 1 N–H and O–H groups in total. The van der Waals surface area contributed by atoms with E-state index in [1.165, 1.54) is 12.1 Å². The first kappa shape index (κ1) is 25.1. The van der Waals surface area contributed by atoms with Gasteiger partial charge in [0.2, 0.25) is 5.91 Å². The summed E-state index contributed by atoms with van der Waals surface area (Å²) in [4.78, 5) is 13.5. The number of hydrogen-bond donors (Lipinski definition) is 1. The number of amides is 1. The topological polar surface area (TPSA) is 59.0 Å². The Morgan fingerprint density at radius 2 is 1.62 bits per heavy atom. The fourth-order valence-electron chi connectivity index (χ4n) is 3.62. The van der Waals surface area contributed by atoms with Crippen LogP contribution in [0.2, 0.25) is 0 Å². The number of aromatic hydroxyl groups is 1. The highest BCUT2D eigenvalue weighted by Crippen LogP contribution is 2.36. The molecule has 0 bridgehead atoms. The maximum atomic E-state index is 13.2. The molecule has 0 saturated carbocycles. The molecule has 3 aromatic rings. The number of phenols is 1. The van der Waals surface area contributed by atoms with Crippen LogP contribution < -0.4 is 9.47 Å². The van der Waals surface area contributed by atoms with Gasteiger partial charge in [-0.2, -0.15) is 0 Å². The van der Waals surface area contributed by atoms with E-state index in [1.54, 1.807) is 37.2 Å². The van der Waals surface area contributed by atoms with Gasteiger partial charge < -0.3 is 19.5 Å². The Morgan fingerprint density at radius 1 is 0.941 bits per heavy atom. The second-order valence-electron chi connectivity index (χ2n) is 8.28. The first-order valence-electron chi connectivity index (χ1n) is 11.5. The average Bonchev–Trinajstić information content (AvgIpc) is 2.83. The molecule has 0 aliphatic carbocycles. The Hall–Kier alpha value is -3.54. The number of aryl methyl sites for hydroxylation is 2. The van der Waals surface area contributed by atoms with Crippen molar-refractivity contribution in [3.8, 4) is 28.4 Å². The third kappa shape index (κ3) is 6.73. The van der Waals surface area contributed by atoms with E-state index in [-0.39, 0.29) is 17.5 Å². The van der Waals surface area contributed by atoms with Gasteiger partial charge in [0.25, 0.3) is 0 Å². The van der Waals surface area contributed by atoms with Crippen molar-refractivity contribution in [3.05, 3.63) is 77.6 Å². The van der Waals surface area contributed by atoms with E-state index in [9.17, 15) is 14.3 Å². The van der Waals surface area contributed by atoms with Crippen molar-refractivity contribution < 1.29 is 23.8 Å². The lowest BCUT2D eigenvalue weighted by molar-refractivity contribution is -0.128. The van der Waals surface area contributed by atoms with E-state index >= 15 is 0 Å². The monoisotopic (exact) mass is 465 g/mol. The van der Waals surface area contributed by atoms with Crippen molar-refractivity contribution in [1.82, 2.24) is 4.90 Å². The molecule has 6 heteroatoms. The Bertz CT molecular complexity index is 1100. The predicted molar refractivity (Wildman–Crippen MR) is 132 cm³/mol. The number of rotatable bonds is 11. The zero-order valence-electron chi connectivity index (χ0n) is 20.0. The molecule has 0 aromatic heterocycles. The summed E-state index contributed by atoms with van der Waals surface area (Å²) in [5.74, 6) is 1.28. The average molecular weight is 466 g/mol. The summed E-state index contributed by atoms with van der Waals surface area (Å²) in [7, 11) is 3.51. The lowest BCUT2D eigenvalue weighted by Crippen LogP contribution is -2.21. The number of phenolic OH excluding ortho intramolecular Hbond substituents is 1. The molecule has 0 radical (unpaired) electrons. The fourth-order valence-corrected chi connectivity index (χ4v) is 3.62. The van der Waals surface area contributed by atoms with Crippen LogP contribution in [-0.2, 0) is 17.6 Å². The van der Waals surface area contributed by atoms with Crippen LogP contribution in [0.5, 0.6) is 17.2 Å². The lowest BCUT2D eigenvalue weighted by Gasteiger charge is -2.15. The molecule has 0 aliphatic rings. The van der Waals surface area contributed by atoms with Crippen molar-refractivity contribution >= 4 is 5.91 Å². The molecule has 0 saturated heterocycles. The van der Waals surface area contributed by atoms with Gasteiger partial charge in [0.15, 0.2) is 0 Å². The van der Waals surface area contributed by atoms with Crippen LogP contribution in [0.1, 0.15) is 30.9 Å². The highest BCUT2D eigenvalue weighted by molar-refractivity contribution is 5.76. The summed E-state index contributed by atoms with van der Waals surface area (Å²) < 4.78 is 25.1. The van der Waals surface area contributed by atoms with E-state index in [2.05, 4.69) is 0 Å². The predicted octanol–water partition coefficient (Wildman–Crippen LogP) is 5.63. The van der Waals surface area contributed by atoms with Crippen molar-refractivity contribution in [3.63, 3.8) is 0 Å². The van der Waals surface area contributed by atoms with Crippen molar-refractivity contribution in [1.29, 1.82) is 0 Å². The molecule has 0 fully saturated rings. The Kier molecular flexibility index (Phi) is 8.91. The van der Waals surface area contributed by atoms with Gasteiger partial charge in [0, 0.05) is 38.6 Å². The van der Waals surface area contributed by atoms with Crippen LogP contribution in [0.4, 0.5) is 4.39 Å². The van der Waals surface area contributed by atoms with Crippen LogP contribution in [0.15, 0.2) is 60.7 Å². The number of hydrogen-bond acceptors (Lipinski definition) is 4. The summed E-state index contributed by atoms with van der Waals surface area (Å²) in [5, 5.41) is 10.5. The van der Waals surface area contributed by atoms with E-state index in [0.717, 1.165) is 28.9 Å². The molecule has 5 nitrogen and oxygen atoms in total. The molecular weight excluding hydrogens is 433 g/mol. The minimum Gasteiger partial charge on any atom is -0.507 e. The molecule has 0 aliphatic heterocycles. The van der Waals surface area contributed by atoms with Gasteiger partial charge in [-0.25, -0.2) is 4.39 Å². The van der Waals surface area contributed by atoms with E-state index in [0.29, 0.717) is 43.8 Å². The number of benzene rings is 3. The first-order chi connectivity index (χ1) is 16.4. The van der Waals surface area contributed by atoms with Crippen LogP contribution in [-0.4, -0.2) is 43.2 Å². The van der Waals surface area contributed by atoms with Gasteiger partial charge in [-0.05, 0) is 53.8 Å². The SMILES string of the molecule is CCc1cc(-c2ccc(F)cc2)c(O)cc1OCCCOc1ccccc1CCC(=O)N(C)C. The number of carbonyl (C=O) groups is 1. The Balaban J connectivity index is 1.55. The molecule has 1 amide bonds. The summed E-state index contributed by atoms with van der Waals surface area (Å²) in [5.41, 5.74) is 3.37. The molecule has 0 atom stereocenters. The third-order valence-corrected chi connectivity index (χ3v) is 5.60. The lowest BCUT2D eigenvalue weighted by atomic mass is 10.00. The molecule has 3 rings (SSSR count). The van der Waals surface area contributed by atoms with Gasteiger partial charge in [0.05, 0.1) is 13.2 Å². The number of nitrogens with zero attached hydrogens (tertiary/aromatic N) is 1. The van der Waals surface area contributed by atoms with Gasteiger partial charge >= 0.3 is 0 Å². The Morgan fingerprint density at radius 3 is 2.29 bits per heavy atom. The summed E-state index contributed by atoms with van der Waals surface area (Å²) in [6.07, 6.45) is 2.46. The maximum absolute atomic E-state index is 13.2. The van der Waals surface area contributed by atoms with Crippen LogP contribution in [0.25, 0.3) is 11.1 Å². The van der Waals surface area contributed by atoms with Crippen molar-refractivity contribution in [2.24, 2.45) is 0 Å². The molecule has 34 heavy (non-hydrogen) atoms. The van der Waals surface area contributed by atoms with Crippen LogP contribution in [0.3, 0.4) is 0 Å². The van der Waals surface area contributed by atoms with Gasteiger partial charge in [-0.1, -0.05) is 37.3 Å². The summed E-state index contributed by atoms with van der Waals surface area (Å²) in [6, 6.07) is 17.3. The number of halogens is 1. The quantitative estimate of drug-likeness (QED) is 0.373. The number of ether oxygens (including phenoxy) is 2. The smallest absolute Gasteiger partial charge is 0.222 e. The van der Waals surface area contributed by atoms with E-state index in [1.807, 2.05) is 37.3 Å².